The summed E-state index contributed by atoms with van der Waals surface area (Å²) in [5.74, 6) is 0.432. The second-order valence-corrected chi connectivity index (χ2v) is 8.85. The van der Waals surface area contributed by atoms with Gasteiger partial charge in [0.25, 0.3) is 0 Å². The number of nitrogens with two attached hydrogens (primary N) is 1. The summed E-state index contributed by atoms with van der Waals surface area (Å²) in [5.41, 5.74) is 6.13. The van der Waals surface area contributed by atoms with Gasteiger partial charge in [-0.1, -0.05) is 32.9 Å². The van der Waals surface area contributed by atoms with Crippen molar-refractivity contribution >= 4 is 5.97 Å². The fraction of sp³-hybridized carbons (Fsp3) is 0.650. The fourth-order valence-corrected chi connectivity index (χ4v) is 1.86. The topological polar surface area (TPSA) is 61.5 Å². The maximum Gasteiger partial charge on any atom is 0.323 e. The summed E-state index contributed by atoms with van der Waals surface area (Å²) in [4.78, 5) is 12.0. The first-order valence-electron chi connectivity index (χ1n) is 8.48. The van der Waals surface area contributed by atoms with Crippen LogP contribution < -0.4 is 10.5 Å². The van der Waals surface area contributed by atoms with Crippen molar-refractivity contribution in [3.8, 4) is 5.75 Å². The van der Waals surface area contributed by atoms with Gasteiger partial charge < -0.3 is 15.2 Å². The molecule has 1 aromatic rings. The van der Waals surface area contributed by atoms with Crippen LogP contribution in [0.15, 0.2) is 24.3 Å². The Kier molecular flexibility index (Phi) is 6.10. The van der Waals surface area contributed by atoms with Gasteiger partial charge in [0.15, 0.2) is 0 Å². The van der Waals surface area contributed by atoms with Crippen LogP contribution >= 0.6 is 0 Å². The lowest BCUT2D eigenvalue weighted by Gasteiger charge is -2.39. The van der Waals surface area contributed by atoms with Gasteiger partial charge in [-0.25, -0.2) is 0 Å². The summed E-state index contributed by atoms with van der Waals surface area (Å²) in [6.07, 6.45) is 0.442. The predicted molar refractivity (Wildman–Crippen MR) is 98.1 cm³/mol. The maximum atomic E-state index is 12.0. The third kappa shape index (κ3) is 6.16. The van der Waals surface area contributed by atoms with Gasteiger partial charge in [-0.15, -0.1) is 0 Å². The van der Waals surface area contributed by atoms with E-state index < -0.39 is 11.6 Å². The highest BCUT2D eigenvalue weighted by Crippen LogP contribution is 2.34. The lowest BCUT2D eigenvalue weighted by Crippen LogP contribution is -2.42. The zero-order valence-corrected chi connectivity index (χ0v) is 16.4. The van der Waals surface area contributed by atoms with Crippen LogP contribution in [0.25, 0.3) is 0 Å². The molecule has 0 aromatic heterocycles. The number of hydrogen-bond acceptors (Lipinski definition) is 4. The Balaban J connectivity index is 2.70. The number of carbonyl (C=O) groups is 1. The Labute approximate surface area is 146 Å². The molecular weight excluding hydrogens is 302 g/mol. The van der Waals surface area contributed by atoms with E-state index in [-0.39, 0.29) is 17.0 Å². The van der Waals surface area contributed by atoms with Crippen LogP contribution in [0.4, 0.5) is 0 Å². The molecule has 0 aliphatic rings. The van der Waals surface area contributed by atoms with Gasteiger partial charge in [0.1, 0.15) is 23.0 Å². The van der Waals surface area contributed by atoms with Crippen molar-refractivity contribution in [1.29, 1.82) is 0 Å². The lowest BCUT2D eigenvalue weighted by atomic mass is 9.79. The van der Waals surface area contributed by atoms with Crippen LogP contribution in [0.1, 0.15) is 61.0 Å². The molecule has 0 bridgehead atoms. The van der Waals surface area contributed by atoms with Gasteiger partial charge in [0.2, 0.25) is 0 Å². The minimum atomic E-state index is -0.665. The molecular formula is C20H33NO3. The van der Waals surface area contributed by atoms with Gasteiger partial charge >= 0.3 is 5.97 Å². The van der Waals surface area contributed by atoms with Gasteiger partial charge in [0, 0.05) is 5.41 Å². The Morgan fingerprint density at radius 2 is 1.50 bits per heavy atom. The van der Waals surface area contributed by atoms with Gasteiger partial charge in [-0.3, -0.25) is 4.79 Å². The van der Waals surface area contributed by atoms with E-state index >= 15 is 0 Å². The largest absolute Gasteiger partial charge is 0.487 e. The third-order valence-corrected chi connectivity index (χ3v) is 4.27. The molecule has 24 heavy (non-hydrogen) atoms. The van der Waals surface area contributed by atoms with Crippen molar-refractivity contribution in [3.63, 3.8) is 0 Å². The van der Waals surface area contributed by atoms with E-state index in [9.17, 15) is 4.79 Å². The molecule has 0 unspecified atom stereocenters. The highest BCUT2D eigenvalue weighted by molar-refractivity contribution is 5.76. The monoisotopic (exact) mass is 335 g/mol. The average Bonchev–Trinajstić information content (AvgIpc) is 2.37. The summed E-state index contributed by atoms with van der Waals surface area (Å²) in [5, 5.41) is 0. The van der Waals surface area contributed by atoms with Crippen LogP contribution in [0, 0.1) is 5.41 Å². The molecule has 1 rings (SSSR count). The zero-order chi connectivity index (χ0) is 18.8. The maximum absolute atomic E-state index is 12.0. The molecule has 0 spiro atoms. The molecule has 0 radical (unpaired) electrons. The molecule has 0 aliphatic carbocycles. The van der Waals surface area contributed by atoms with Gasteiger partial charge in [-0.2, -0.15) is 0 Å². The minimum absolute atomic E-state index is 0.0186. The number of ether oxygens (including phenoxy) is 2. The third-order valence-electron chi connectivity index (χ3n) is 4.27. The van der Waals surface area contributed by atoms with Crippen molar-refractivity contribution in [2.45, 2.75) is 79.1 Å². The van der Waals surface area contributed by atoms with Crippen LogP contribution in [0.3, 0.4) is 0 Å². The Morgan fingerprint density at radius 1 is 1.00 bits per heavy atom. The van der Waals surface area contributed by atoms with Crippen molar-refractivity contribution in [3.05, 3.63) is 29.8 Å². The lowest BCUT2D eigenvalue weighted by molar-refractivity contribution is -0.156. The van der Waals surface area contributed by atoms with E-state index in [0.29, 0.717) is 6.42 Å². The van der Waals surface area contributed by atoms with E-state index in [0.717, 1.165) is 11.3 Å². The first-order chi connectivity index (χ1) is 10.7. The van der Waals surface area contributed by atoms with Crippen LogP contribution in [-0.2, 0) is 16.0 Å². The number of esters is 1. The summed E-state index contributed by atoms with van der Waals surface area (Å²) < 4.78 is 11.4. The summed E-state index contributed by atoms with van der Waals surface area (Å²) in [7, 11) is 0. The van der Waals surface area contributed by atoms with E-state index in [4.69, 9.17) is 15.2 Å². The van der Waals surface area contributed by atoms with Crippen molar-refractivity contribution in [2.75, 3.05) is 0 Å². The smallest absolute Gasteiger partial charge is 0.323 e. The Bertz CT molecular complexity index is 548. The van der Waals surface area contributed by atoms with Crippen LogP contribution in [0.5, 0.6) is 5.75 Å². The first-order valence-corrected chi connectivity index (χ1v) is 8.48. The number of carbonyl (C=O) groups excluding carboxylic acids is 1. The highest BCUT2D eigenvalue weighted by Gasteiger charge is 2.34. The fourth-order valence-electron chi connectivity index (χ4n) is 1.86. The van der Waals surface area contributed by atoms with Gasteiger partial charge in [0.05, 0.1) is 0 Å². The highest BCUT2D eigenvalue weighted by atomic mass is 16.6. The molecule has 1 aromatic carbocycles. The SMILES string of the molecule is CC(C)(C)OC(=O)[C@@H](N)Cc1ccc(OC(C)(C)C(C)(C)C)cc1. The molecule has 1 atom stereocenters. The predicted octanol–water partition coefficient (Wildman–Crippen LogP) is 4.10. The van der Waals surface area contributed by atoms with Crippen LogP contribution in [0.2, 0.25) is 0 Å². The molecule has 0 saturated heterocycles. The molecule has 136 valence electrons. The summed E-state index contributed by atoms with van der Waals surface area (Å²) in [6.45, 7) is 16.1. The zero-order valence-electron chi connectivity index (χ0n) is 16.4. The normalized spacial score (nSPS) is 14.2. The molecule has 2 N–H and O–H groups in total. The Hall–Kier alpha value is -1.55. The molecule has 0 heterocycles. The Morgan fingerprint density at radius 3 is 1.92 bits per heavy atom. The average molecular weight is 335 g/mol. The number of hydrogen-bond donors (Lipinski definition) is 1. The molecule has 0 saturated carbocycles. The van der Waals surface area contributed by atoms with E-state index in [2.05, 4.69) is 34.6 Å². The summed E-state index contributed by atoms with van der Waals surface area (Å²) >= 11 is 0. The quantitative estimate of drug-likeness (QED) is 0.823. The van der Waals surface area contributed by atoms with Gasteiger partial charge in [-0.05, 0) is 58.7 Å². The van der Waals surface area contributed by atoms with E-state index in [1.54, 1.807) is 0 Å². The molecule has 4 heteroatoms. The molecule has 4 nitrogen and oxygen atoms in total. The van der Waals surface area contributed by atoms with Crippen molar-refractivity contribution < 1.29 is 14.3 Å². The van der Waals surface area contributed by atoms with Crippen molar-refractivity contribution in [1.82, 2.24) is 0 Å². The molecule has 0 aliphatic heterocycles. The molecule has 0 fully saturated rings. The minimum Gasteiger partial charge on any atom is -0.487 e. The second-order valence-electron chi connectivity index (χ2n) is 8.85. The van der Waals surface area contributed by atoms with Crippen molar-refractivity contribution in [2.24, 2.45) is 11.1 Å². The summed E-state index contributed by atoms with van der Waals surface area (Å²) in [6, 6.07) is 7.06. The molecule has 0 amide bonds. The van der Waals surface area contributed by atoms with E-state index in [1.807, 2.05) is 45.0 Å². The van der Waals surface area contributed by atoms with Crippen LogP contribution in [-0.4, -0.2) is 23.2 Å². The standard InChI is InChI=1S/C20H33NO3/c1-18(2,3)20(7,8)23-15-11-9-14(10-12-15)13-16(21)17(22)24-19(4,5)6/h9-12,16H,13,21H2,1-8H3/t16-/m0/s1. The van der Waals surface area contributed by atoms with E-state index in [1.165, 1.54) is 0 Å². The second kappa shape index (κ2) is 7.14. The number of benzene rings is 1. The first kappa shape index (κ1) is 20.5. The number of rotatable bonds is 5.